The fourth-order valence-corrected chi connectivity index (χ4v) is 3.48. The minimum atomic E-state index is -0.177. The number of nitrogens with one attached hydrogen (secondary N) is 1. The summed E-state index contributed by atoms with van der Waals surface area (Å²) in [7, 11) is 0. The van der Waals surface area contributed by atoms with E-state index in [1.54, 1.807) is 0 Å². The monoisotopic (exact) mass is 348 g/mol. The highest BCUT2D eigenvalue weighted by Crippen LogP contribution is 2.24. The van der Waals surface area contributed by atoms with Gasteiger partial charge in [0.05, 0.1) is 18.7 Å². The number of aromatic amines is 1. The van der Waals surface area contributed by atoms with E-state index in [0.29, 0.717) is 26.1 Å². The van der Waals surface area contributed by atoms with E-state index >= 15 is 0 Å². The molecule has 24 heavy (non-hydrogen) atoms. The number of thiazole rings is 1. The highest BCUT2D eigenvalue weighted by Gasteiger charge is 2.15. The number of hydrogen-bond acceptors (Lipinski definition) is 5. The van der Waals surface area contributed by atoms with Crippen LogP contribution in [0.5, 0.6) is 0 Å². The van der Waals surface area contributed by atoms with E-state index in [0.717, 1.165) is 29.1 Å². The molecule has 2 rings (SSSR count). The van der Waals surface area contributed by atoms with E-state index in [2.05, 4.69) is 16.8 Å². The molecule has 0 unspecified atom stereocenters. The molecule has 0 aliphatic rings. The summed E-state index contributed by atoms with van der Waals surface area (Å²) in [5, 5.41) is 0. The Kier molecular flexibility index (Phi) is 7.21. The predicted octanol–water partition coefficient (Wildman–Crippen LogP) is 3.27. The van der Waals surface area contributed by atoms with Gasteiger partial charge in [-0.05, 0) is 25.5 Å². The SMILES string of the molecule is CCCN(CCC(=O)OCC)Cc1sc(=O)[nH]c1-c1ccccc1. The van der Waals surface area contributed by atoms with Crippen LogP contribution in [0.3, 0.4) is 0 Å². The number of H-pyrrole nitrogens is 1. The van der Waals surface area contributed by atoms with Gasteiger partial charge in [0.15, 0.2) is 0 Å². The number of nitrogens with zero attached hydrogens (tertiary/aromatic N) is 1. The zero-order valence-electron chi connectivity index (χ0n) is 14.2. The number of benzene rings is 1. The summed E-state index contributed by atoms with van der Waals surface area (Å²) in [6.07, 6.45) is 1.36. The third-order valence-corrected chi connectivity index (χ3v) is 4.50. The molecule has 130 valence electrons. The molecule has 2 aromatic rings. The molecular weight excluding hydrogens is 324 g/mol. The average Bonchev–Trinajstić information content (AvgIpc) is 2.94. The molecular formula is C18H24N2O3S. The summed E-state index contributed by atoms with van der Waals surface area (Å²) in [5.74, 6) is -0.177. The number of aromatic nitrogens is 1. The molecule has 0 bridgehead atoms. The lowest BCUT2D eigenvalue weighted by Crippen LogP contribution is -2.27. The van der Waals surface area contributed by atoms with Crippen LogP contribution < -0.4 is 4.87 Å². The Bertz CT molecular complexity index is 694. The molecule has 0 atom stereocenters. The maximum absolute atomic E-state index is 11.8. The molecule has 0 aliphatic heterocycles. The van der Waals surface area contributed by atoms with Gasteiger partial charge >= 0.3 is 10.8 Å². The van der Waals surface area contributed by atoms with E-state index in [1.807, 2.05) is 37.3 Å². The van der Waals surface area contributed by atoms with Crippen LogP contribution in [0.25, 0.3) is 11.3 Å². The summed E-state index contributed by atoms with van der Waals surface area (Å²) in [4.78, 5) is 29.5. The van der Waals surface area contributed by atoms with Gasteiger partial charge in [0.25, 0.3) is 0 Å². The van der Waals surface area contributed by atoms with Gasteiger partial charge in [-0.2, -0.15) is 0 Å². The van der Waals surface area contributed by atoms with Gasteiger partial charge in [-0.15, -0.1) is 0 Å². The van der Waals surface area contributed by atoms with E-state index in [-0.39, 0.29) is 10.8 Å². The van der Waals surface area contributed by atoms with Crippen molar-refractivity contribution in [1.82, 2.24) is 9.88 Å². The van der Waals surface area contributed by atoms with Crippen LogP contribution in [0.15, 0.2) is 35.1 Å². The van der Waals surface area contributed by atoms with Crippen LogP contribution in [0.1, 0.15) is 31.6 Å². The Balaban J connectivity index is 2.12. The number of ether oxygens (including phenoxy) is 1. The lowest BCUT2D eigenvalue weighted by Gasteiger charge is -2.21. The number of rotatable bonds is 9. The van der Waals surface area contributed by atoms with Gasteiger partial charge in [0.1, 0.15) is 0 Å². The molecule has 1 aromatic heterocycles. The highest BCUT2D eigenvalue weighted by atomic mass is 32.1. The van der Waals surface area contributed by atoms with Crippen molar-refractivity contribution in [2.45, 2.75) is 33.2 Å². The first kappa shape index (κ1) is 18.4. The Morgan fingerprint density at radius 1 is 1.21 bits per heavy atom. The Labute approximate surface area is 146 Å². The van der Waals surface area contributed by atoms with Crippen LogP contribution in [-0.4, -0.2) is 35.5 Å². The zero-order valence-corrected chi connectivity index (χ0v) is 15.0. The van der Waals surface area contributed by atoms with Crippen LogP contribution in [-0.2, 0) is 16.1 Å². The molecule has 0 radical (unpaired) electrons. The van der Waals surface area contributed by atoms with Crippen LogP contribution in [0.4, 0.5) is 0 Å². The van der Waals surface area contributed by atoms with Crippen molar-refractivity contribution in [2.24, 2.45) is 0 Å². The van der Waals surface area contributed by atoms with E-state index < -0.39 is 0 Å². The summed E-state index contributed by atoms with van der Waals surface area (Å²) in [6.45, 7) is 6.48. The molecule has 0 spiro atoms. The lowest BCUT2D eigenvalue weighted by atomic mass is 10.1. The molecule has 1 N–H and O–H groups in total. The zero-order chi connectivity index (χ0) is 17.4. The highest BCUT2D eigenvalue weighted by molar-refractivity contribution is 7.09. The summed E-state index contributed by atoms with van der Waals surface area (Å²) in [5.41, 5.74) is 1.88. The maximum atomic E-state index is 11.8. The van der Waals surface area contributed by atoms with Crippen molar-refractivity contribution in [1.29, 1.82) is 0 Å². The number of carbonyl (C=O) groups is 1. The first-order valence-corrected chi connectivity index (χ1v) is 9.11. The predicted molar refractivity (Wildman–Crippen MR) is 97.2 cm³/mol. The third-order valence-electron chi connectivity index (χ3n) is 3.63. The minimum absolute atomic E-state index is 0.0503. The van der Waals surface area contributed by atoms with Crippen molar-refractivity contribution in [3.05, 3.63) is 44.9 Å². The molecule has 0 amide bonds. The van der Waals surface area contributed by atoms with E-state index in [9.17, 15) is 9.59 Å². The molecule has 0 saturated heterocycles. The molecule has 0 aliphatic carbocycles. The molecule has 1 aromatic carbocycles. The normalized spacial score (nSPS) is 11.0. The summed E-state index contributed by atoms with van der Waals surface area (Å²) in [6, 6.07) is 9.85. The average molecular weight is 348 g/mol. The fraction of sp³-hybridized carbons (Fsp3) is 0.444. The number of carbonyl (C=O) groups excluding carboxylic acids is 1. The fourth-order valence-electron chi connectivity index (χ4n) is 2.58. The van der Waals surface area contributed by atoms with Gasteiger partial charge < -0.3 is 9.72 Å². The summed E-state index contributed by atoms with van der Waals surface area (Å²) < 4.78 is 5.00. The van der Waals surface area contributed by atoms with Gasteiger partial charge in [-0.1, -0.05) is 48.6 Å². The van der Waals surface area contributed by atoms with Crippen LogP contribution in [0.2, 0.25) is 0 Å². The topological polar surface area (TPSA) is 62.4 Å². The van der Waals surface area contributed by atoms with Crippen molar-refractivity contribution in [3.63, 3.8) is 0 Å². The minimum Gasteiger partial charge on any atom is -0.466 e. The van der Waals surface area contributed by atoms with Gasteiger partial charge in [-0.3, -0.25) is 14.5 Å². The quantitative estimate of drug-likeness (QED) is 0.707. The Morgan fingerprint density at radius 2 is 1.96 bits per heavy atom. The number of esters is 1. The van der Waals surface area contributed by atoms with Gasteiger partial charge in [0, 0.05) is 18.0 Å². The second-order valence-electron chi connectivity index (χ2n) is 5.51. The smallest absolute Gasteiger partial charge is 0.307 e. The Morgan fingerprint density at radius 3 is 2.62 bits per heavy atom. The standard InChI is InChI=1S/C18H24N2O3S/c1-3-11-20(12-10-16(21)23-4-2)13-15-17(19-18(22)24-15)14-8-6-5-7-9-14/h5-9H,3-4,10-13H2,1-2H3,(H,19,22). The van der Waals surface area contributed by atoms with E-state index in [4.69, 9.17) is 4.74 Å². The van der Waals surface area contributed by atoms with Crippen molar-refractivity contribution >= 4 is 17.3 Å². The molecule has 5 nitrogen and oxygen atoms in total. The van der Waals surface area contributed by atoms with Crippen molar-refractivity contribution in [2.75, 3.05) is 19.7 Å². The molecule has 0 fully saturated rings. The van der Waals surface area contributed by atoms with E-state index in [1.165, 1.54) is 11.3 Å². The molecule has 6 heteroatoms. The second kappa shape index (κ2) is 9.39. The van der Waals surface area contributed by atoms with Gasteiger partial charge in [0.2, 0.25) is 0 Å². The Hall–Kier alpha value is -1.92. The molecule has 0 saturated carbocycles. The maximum Gasteiger partial charge on any atom is 0.307 e. The van der Waals surface area contributed by atoms with Crippen LogP contribution >= 0.6 is 11.3 Å². The lowest BCUT2D eigenvalue weighted by molar-refractivity contribution is -0.143. The number of hydrogen-bond donors (Lipinski definition) is 1. The van der Waals surface area contributed by atoms with Crippen molar-refractivity contribution in [3.8, 4) is 11.3 Å². The molecule has 1 heterocycles. The summed E-state index contributed by atoms with van der Waals surface area (Å²) >= 11 is 1.24. The second-order valence-corrected chi connectivity index (χ2v) is 6.58. The first-order valence-electron chi connectivity index (χ1n) is 8.29. The van der Waals surface area contributed by atoms with Gasteiger partial charge in [-0.25, -0.2) is 0 Å². The first-order chi connectivity index (χ1) is 11.6. The van der Waals surface area contributed by atoms with Crippen LogP contribution in [0, 0.1) is 0 Å². The third kappa shape index (κ3) is 5.32. The van der Waals surface area contributed by atoms with Crippen molar-refractivity contribution < 1.29 is 9.53 Å². The largest absolute Gasteiger partial charge is 0.466 e.